The molecule has 3 rings (SSSR count). The van der Waals surface area contributed by atoms with E-state index in [1.165, 1.54) is 17.5 Å². The zero-order valence-corrected chi connectivity index (χ0v) is 11.7. The van der Waals surface area contributed by atoms with Crippen LogP contribution in [0.2, 0.25) is 5.15 Å². The number of hydrogen-bond donors (Lipinski definition) is 2. The fourth-order valence-corrected chi connectivity index (χ4v) is 2.86. The van der Waals surface area contributed by atoms with Crippen molar-refractivity contribution in [2.45, 2.75) is 25.3 Å². The third-order valence-electron chi connectivity index (χ3n) is 3.73. The number of rotatable bonds is 2. The first-order chi connectivity index (χ1) is 9.68. The molecule has 1 aliphatic rings. The smallest absolute Gasteiger partial charge is 0.171 e. The fraction of sp³-hybridized carbons (Fsp3) is 0.286. The van der Waals surface area contributed by atoms with Gasteiger partial charge in [0, 0.05) is 0 Å². The average Bonchev–Trinajstić information content (AvgIpc) is 2.49. The van der Waals surface area contributed by atoms with Crippen LogP contribution in [0.15, 0.2) is 30.6 Å². The van der Waals surface area contributed by atoms with Gasteiger partial charge in [0.25, 0.3) is 0 Å². The first kappa shape index (κ1) is 13.1. The lowest BCUT2D eigenvalue weighted by molar-refractivity contribution is 0.524. The standard InChI is InChI=1S/C14H16ClN5/c15-13-12(16)14(19-8-18-13)20(17)11-7-3-5-9-4-1-2-6-10(9)11/h1-2,4,6,8,11H,3,5,7,16-17H2. The summed E-state index contributed by atoms with van der Waals surface area (Å²) < 4.78 is 0. The van der Waals surface area contributed by atoms with Gasteiger partial charge in [0.2, 0.25) is 0 Å². The quantitative estimate of drug-likeness (QED) is 0.504. The molecule has 0 fully saturated rings. The molecule has 0 aliphatic heterocycles. The first-order valence-electron chi connectivity index (χ1n) is 6.56. The van der Waals surface area contributed by atoms with Crippen molar-refractivity contribution in [2.75, 3.05) is 10.7 Å². The maximum atomic E-state index is 6.26. The summed E-state index contributed by atoms with van der Waals surface area (Å²) >= 11 is 5.94. The molecular weight excluding hydrogens is 274 g/mol. The number of fused-ring (bicyclic) bond motifs is 1. The fourth-order valence-electron chi connectivity index (χ4n) is 2.74. The maximum absolute atomic E-state index is 6.26. The largest absolute Gasteiger partial charge is 0.393 e. The minimum Gasteiger partial charge on any atom is -0.393 e. The lowest BCUT2D eigenvalue weighted by Gasteiger charge is -2.33. The molecule has 1 atom stereocenters. The second-order valence-electron chi connectivity index (χ2n) is 4.92. The molecule has 0 amide bonds. The zero-order valence-electron chi connectivity index (χ0n) is 11.0. The Morgan fingerprint density at radius 3 is 2.90 bits per heavy atom. The predicted molar refractivity (Wildman–Crippen MR) is 80.2 cm³/mol. The molecule has 6 heteroatoms. The molecule has 0 radical (unpaired) electrons. The molecule has 0 bridgehead atoms. The molecule has 0 saturated carbocycles. The first-order valence-corrected chi connectivity index (χ1v) is 6.94. The van der Waals surface area contributed by atoms with Gasteiger partial charge < -0.3 is 5.73 Å². The van der Waals surface area contributed by atoms with Gasteiger partial charge in [0.15, 0.2) is 11.0 Å². The summed E-state index contributed by atoms with van der Waals surface area (Å²) in [4.78, 5) is 8.03. The summed E-state index contributed by atoms with van der Waals surface area (Å²) in [5, 5.41) is 1.84. The van der Waals surface area contributed by atoms with Gasteiger partial charge in [-0.2, -0.15) is 0 Å². The van der Waals surface area contributed by atoms with Crippen molar-refractivity contribution in [3.05, 3.63) is 46.9 Å². The number of aromatic nitrogens is 2. The topological polar surface area (TPSA) is 81.1 Å². The van der Waals surface area contributed by atoms with Gasteiger partial charge >= 0.3 is 0 Å². The molecule has 0 spiro atoms. The van der Waals surface area contributed by atoms with Crippen LogP contribution in [0.4, 0.5) is 11.5 Å². The van der Waals surface area contributed by atoms with E-state index in [-0.39, 0.29) is 11.2 Å². The number of hydrogen-bond acceptors (Lipinski definition) is 5. The zero-order chi connectivity index (χ0) is 14.1. The maximum Gasteiger partial charge on any atom is 0.171 e. The van der Waals surface area contributed by atoms with E-state index < -0.39 is 0 Å². The SMILES string of the molecule is Nc1c(Cl)ncnc1N(N)C1CCCc2ccccc21. The third kappa shape index (κ3) is 2.19. The molecule has 1 aromatic heterocycles. The lowest BCUT2D eigenvalue weighted by atomic mass is 9.87. The molecule has 1 aliphatic carbocycles. The molecular formula is C14H16ClN5. The van der Waals surface area contributed by atoms with Crippen LogP contribution in [-0.2, 0) is 6.42 Å². The Morgan fingerprint density at radius 2 is 2.05 bits per heavy atom. The summed E-state index contributed by atoms with van der Waals surface area (Å²) in [6.45, 7) is 0. The lowest BCUT2D eigenvalue weighted by Crippen LogP contribution is -2.38. The molecule has 104 valence electrons. The average molecular weight is 290 g/mol. The highest BCUT2D eigenvalue weighted by molar-refractivity contribution is 6.32. The molecule has 0 saturated heterocycles. The van der Waals surface area contributed by atoms with E-state index in [2.05, 4.69) is 28.2 Å². The second kappa shape index (κ2) is 5.26. The van der Waals surface area contributed by atoms with Crippen molar-refractivity contribution in [3.8, 4) is 0 Å². The molecule has 20 heavy (non-hydrogen) atoms. The van der Waals surface area contributed by atoms with Gasteiger partial charge in [0.05, 0.1) is 6.04 Å². The van der Waals surface area contributed by atoms with E-state index >= 15 is 0 Å². The number of aryl methyl sites for hydroxylation is 1. The Bertz CT molecular complexity index is 631. The van der Waals surface area contributed by atoms with Crippen molar-refractivity contribution < 1.29 is 0 Å². The van der Waals surface area contributed by atoms with Crippen LogP contribution in [0.1, 0.15) is 30.0 Å². The Kier molecular flexibility index (Phi) is 3.46. The highest BCUT2D eigenvalue weighted by atomic mass is 35.5. The number of halogens is 1. The molecule has 4 N–H and O–H groups in total. The Labute approximate surface area is 122 Å². The predicted octanol–water partition coefficient (Wildman–Crippen LogP) is 2.47. The number of anilines is 2. The molecule has 2 aromatic rings. The molecule has 1 unspecified atom stereocenters. The van der Waals surface area contributed by atoms with Gasteiger partial charge in [0.1, 0.15) is 12.0 Å². The van der Waals surface area contributed by atoms with Gasteiger partial charge in [-0.25, -0.2) is 15.8 Å². The molecule has 1 heterocycles. The Balaban J connectivity index is 2.00. The monoisotopic (exact) mass is 289 g/mol. The van der Waals surface area contributed by atoms with E-state index in [9.17, 15) is 0 Å². The number of nitrogens with two attached hydrogens (primary N) is 2. The van der Waals surface area contributed by atoms with Gasteiger partial charge in [-0.1, -0.05) is 35.9 Å². The number of nitrogen functional groups attached to an aromatic ring is 1. The van der Waals surface area contributed by atoms with Gasteiger partial charge in [-0.05, 0) is 30.4 Å². The van der Waals surface area contributed by atoms with Crippen LogP contribution in [0, 0.1) is 0 Å². The second-order valence-corrected chi connectivity index (χ2v) is 5.27. The van der Waals surface area contributed by atoms with E-state index in [0.29, 0.717) is 11.5 Å². The minimum absolute atomic E-state index is 0.0632. The highest BCUT2D eigenvalue weighted by Crippen LogP contribution is 2.36. The van der Waals surface area contributed by atoms with Crippen molar-refractivity contribution in [2.24, 2.45) is 5.84 Å². The summed E-state index contributed by atoms with van der Waals surface area (Å²) in [5.41, 5.74) is 8.81. The summed E-state index contributed by atoms with van der Waals surface area (Å²) in [5.74, 6) is 6.74. The summed E-state index contributed by atoms with van der Waals surface area (Å²) in [6, 6.07) is 8.40. The van der Waals surface area contributed by atoms with Crippen LogP contribution in [0.25, 0.3) is 0 Å². The third-order valence-corrected chi connectivity index (χ3v) is 4.03. The van der Waals surface area contributed by atoms with Crippen molar-refractivity contribution in [1.82, 2.24) is 9.97 Å². The number of hydrazine groups is 1. The molecule has 5 nitrogen and oxygen atoms in total. The Hall–Kier alpha value is -1.85. The van der Waals surface area contributed by atoms with Crippen LogP contribution in [0.3, 0.4) is 0 Å². The van der Waals surface area contributed by atoms with Crippen molar-refractivity contribution in [1.29, 1.82) is 0 Å². The van der Waals surface area contributed by atoms with E-state index in [4.69, 9.17) is 23.2 Å². The highest BCUT2D eigenvalue weighted by Gasteiger charge is 2.26. The van der Waals surface area contributed by atoms with Crippen molar-refractivity contribution >= 4 is 23.1 Å². The van der Waals surface area contributed by atoms with E-state index in [1.54, 1.807) is 5.01 Å². The van der Waals surface area contributed by atoms with Crippen molar-refractivity contribution in [3.63, 3.8) is 0 Å². The molecule has 1 aromatic carbocycles. The normalized spacial score (nSPS) is 17.6. The van der Waals surface area contributed by atoms with Gasteiger partial charge in [-0.15, -0.1) is 0 Å². The van der Waals surface area contributed by atoms with Gasteiger partial charge in [-0.3, -0.25) is 5.01 Å². The van der Waals surface area contributed by atoms with Crippen LogP contribution < -0.4 is 16.6 Å². The summed E-state index contributed by atoms with van der Waals surface area (Å²) in [6.07, 6.45) is 4.52. The van der Waals surface area contributed by atoms with Crippen LogP contribution >= 0.6 is 11.6 Å². The van der Waals surface area contributed by atoms with Crippen LogP contribution in [0.5, 0.6) is 0 Å². The minimum atomic E-state index is 0.0632. The number of benzene rings is 1. The Morgan fingerprint density at radius 1 is 1.25 bits per heavy atom. The summed E-state index contributed by atoms with van der Waals surface area (Å²) in [7, 11) is 0. The number of nitrogens with zero attached hydrogens (tertiary/aromatic N) is 3. The van der Waals surface area contributed by atoms with E-state index in [0.717, 1.165) is 19.3 Å². The van der Waals surface area contributed by atoms with Crippen LogP contribution in [-0.4, -0.2) is 9.97 Å². The van der Waals surface area contributed by atoms with E-state index in [1.807, 2.05) is 6.07 Å².